The van der Waals surface area contributed by atoms with Crippen LogP contribution in [0.2, 0.25) is 0 Å². The summed E-state index contributed by atoms with van der Waals surface area (Å²) in [7, 11) is 0. The average molecular weight is 320 g/mol. The Morgan fingerprint density at radius 2 is 2.53 bits per heavy atom. The Hall–Kier alpha value is -0.430. The van der Waals surface area contributed by atoms with E-state index in [1.54, 1.807) is 11.3 Å². The summed E-state index contributed by atoms with van der Waals surface area (Å²) in [6.07, 6.45) is -0.687. The molecule has 17 heavy (non-hydrogen) atoms. The number of carboxylic acids is 1. The molecule has 1 unspecified atom stereocenters. The van der Waals surface area contributed by atoms with Gasteiger partial charge in [-0.1, -0.05) is 0 Å². The van der Waals surface area contributed by atoms with E-state index in [0.717, 1.165) is 17.6 Å². The van der Waals surface area contributed by atoms with Gasteiger partial charge < -0.3 is 9.84 Å². The molecule has 0 radical (unpaired) electrons. The number of rotatable bonds is 3. The summed E-state index contributed by atoms with van der Waals surface area (Å²) >= 11 is 5.23. The summed E-state index contributed by atoms with van der Waals surface area (Å²) < 4.78 is 6.31. The first kappa shape index (κ1) is 13.0. The van der Waals surface area contributed by atoms with Gasteiger partial charge in [-0.05, 0) is 28.9 Å². The lowest BCUT2D eigenvalue weighted by molar-refractivity contribution is -0.156. The topological polar surface area (TPSA) is 49.8 Å². The second kappa shape index (κ2) is 5.48. The molecule has 0 aromatic carbocycles. The summed E-state index contributed by atoms with van der Waals surface area (Å²) in [5, 5.41) is 8.91. The Bertz CT molecular complexity index is 401. The number of carbonyl (C=O) groups is 1. The Balaban J connectivity index is 1.96. The van der Waals surface area contributed by atoms with Gasteiger partial charge in [0.2, 0.25) is 0 Å². The van der Waals surface area contributed by atoms with Crippen LogP contribution in [-0.2, 0) is 16.1 Å². The Morgan fingerprint density at radius 3 is 3.12 bits per heavy atom. The molecule has 0 bridgehead atoms. The van der Waals surface area contributed by atoms with Crippen LogP contribution in [0.4, 0.5) is 0 Å². The highest BCUT2D eigenvalue weighted by Crippen LogP contribution is 2.27. The standard InChI is InChI=1S/C11H14BrNO3S/c1-7-9(12)4-8(17-7)5-13-2-3-16-10(6-13)11(14)15/h4,10H,2-3,5-6H2,1H3,(H,14,15). The molecule has 94 valence electrons. The van der Waals surface area contributed by atoms with Crippen molar-refractivity contribution in [2.75, 3.05) is 19.7 Å². The van der Waals surface area contributed by atoms with Gasteiger partial charge in [0.25, 0.3) is 0 Å². The Kier molecular flexibility index (Phi) is 4.19. The monoisotopic (exact) mass is 319 g/mol. The van der Waals surface area contributed by atoms with Crippen molar-refractivity contribution in [1.82, 2.24) is 4.90 Å². The van der Waals surface area contributed by atoms with E-state index in [0.29, 0.717) is 13.2 Å². The molecule has 1 aromatic heterocycles. The molecule has 1 aliphatic heterocycles. The Labute approximate surface area is 112 Å². The first-order valence-corrected chi connectivity index (χ1v) is 6.99. The maximum absolute atomic E-state index is 10.9. The summed E-state index contributed by atoms with van der Waals surface area (Å²) in [4.78, 5) is 15.5. The van der Waals surface area contributed by atoms with E-state index in [4.69, 9.17) is 9.84 Å². The number of aliphatic carboxylic acids is 1. The summed E-state index contributed by atoms with van der Waals surface area (Å²) in [5.41, 5.74) is 0. The number of halogens is 1. The molecule has 6 heteroatoms. The van der Waals surface area contributed by atoms with Crippen LogP contribution >= 0.6 is 27.3 Å². The average Bonchev–Trinajstić information content (AvgIpc) is 2.58. The molecule has 2 rings (SSSR count). The third-order valence-electron chi connectivity index (χ3n) is 2.71. The third-order valence-corrected chi connectivity index (χ3v) is 4.84. The van der Waals surface area contributed by atoms with Gasteiger partial charge in [-0.15, -0.1) is 11.3 Å². The highest BCUT2D eigenvalue weighted by molar-refractivity contribution is 9.10. The lowest BCUT2D eigenvalue weighted by atomic mass is 10.2. The molecule has 0 aliphatic carbocycles. The van der Waals surface area contributed by atoms with E-state index in [1.165, 1.54) is 9.75 Å². The maximum atomic E-state index is 10.9. The van der Waals surface area contributed by atoms with Crippen molar-refractivity contribution in [1.29, 1.82) is 0 Å². The van der Waals surface area contributed by atoms with Crippen LogP contribution in [0.25, 0.3) is 0 Å². The van der Waals surface area contributed by atoms with Crippen molar-refractivity contribution in [2.45, 2.75) is 19.6 Å². The highest BCUT2D eigenvalue weighted by atomic mass is 79.9. The number of hydrogen-bond donors (Lipinski definition) is 1. The van der Waals surface area contributed by atoms with Gasteiger partial charge in [-0.25, -0.2) is 4.79 Å². The molecule has 0 spiro atoms. The van der Waals surface area contributed by atoms with Gasteiger partial charge in [-0.3, -0.25) is 4.90 Å². The predicted octanol–water partition coefficient (Wildman–Crippen LogP) is 2.10. The molecule has 0 amide bonds. The minimum Gasteiger partial charge on any atom is -0.479 e. The number of ether oxygens (including phenoxy) is 1. The van der Waals surface area contributed by atoms with E-state index in [9.17, 15) is 4.79 Å². The van der Waals surface area contributed by atoms with Gasteiger partial charge in [0, 0.05) is 33.9 Å². The minimum absolute atomic E-state index is 0.462. The van der Waals surface area contributed by atoms with Crippen LogP contribution in [-0.4, -0.2) is 41.8 Å². The Morgan fingerprint density at radius 1 is 1.76 bits per heavy atom. The van der Waals surface area contributed by atoms with E-state index in [1.807, 2.05) is 0 Å². The molecule has 2 heterocycles. The van der Waals surface area contributed by atoms with E-state index in [-0.39, 0.29) is 0 Å². The van der Waals surface area contributed by atoms with Gasteiger partial charge in [0.15, 0.2) is 6.10 Å². The zero-order valence-corrected chi connectivity index (χ0v) is 11.9. The molecule has 1 N–H and O–H groups in total. The molecular weight excluding hydrogens is 306 g/mol. The van der Waals surface area contributed by atoms with Crippen molar-refractivity contribution >= 4 is 33.2 Å². The first-order chi connectivity index (χ1) is 8.06. The molecular formula is C11H14BrNO3S. The van der Waals surface area contributed by atoms with Gasteiger partial charge >= 0.3 is 5.97 Å². The van der Waals surface area contributed by atoms with Crippen LogP contribution in [0.3, 0.4) is 0 Å². The van der Waals surface area contributed by atoms with Crippen molar-refractivity contribution in [3.05, 3.63) is 20.3 Å². The third kappa shape index (κ3) is 3.28. The van der Waals surface area contributed by atoms with E-state index >= 15 is 0 Å². The number of nitrogens with zero attached hydrogens (tertiary/aromatic N) is 1. The quantitative estimate of drug-likeness (QED) is 0.927. The van der Waals surface area contributed by atoms with Crippen LogP contribution in [0.1, 0.15) is 9.75 Å². The number of morpholine rings is 1. The molecule has 1 saturated heterocycles. The van der Waals surface area contributed by atoms with Crippen molar-refractivity contribution < 1.29 is 14.6 Å². The molecule has 0 saturated carbocycles. The fourth-order valence-electron chi connectivity index (χ4n) is 1.81. The molecule has 1 atom stereocenters. The fourth-order valence-corrected chi connectivity index (χ4v) is 3.46. The molecule has 1 aliphatic rings. The van der Waals surface area contributed by atoms with Crippen molar-refractivity contribution in [2.24, 2.45) is 0 Å². The van der Waals surface area contributed by atoms with Crippen LogP contribution in [0, 0.1) is 6.92 Å². The molecule has 1 fully saturated rings. The summed E-state index contributed by atoms with van der Waals surface area (Å²) in [5.74, 6) is -0.877. The normalized spacial score (nSPS) is 21.6. The van der Waals surface area contributed by atoms with Crippen molar-refractivity contribution in [3.63, 3.8) is 0 Å². The van der Waals surface area contributed by atoms with Crippen molar-refractivity contribution in [3.8, 4) is 0 Å². The van der Waals surface area contributed by atoms with Crippen LogP contribution in [0.5, 0.6) is 0 Å². The highest BCUT2D eigenvalue weighted by Gasteiger charge is 2.26. The van der Waals surface area contributed by atoms with E-state index in [2.05, 4.69) is 33.8 Å². The molecule has 1 aromatic rings. The number of carboxylic acid groups (broad SMARTS) is 1. The second-order valence-corrected chi connectivity index (χ2v) is 6.24. The number of aryl methyl sites for hydroxylation is 1. The van der Waals surface area contributed by atoms with Gasteiger partial charge in [-0.2, -0.15) is 0 Å². The lowest BCUT2D eigenvalue weighted by Gasteiger charge is -2.30. The first-order valence-electron chi connectivity index (χ1n) is 5.38. The predicted molar refractivity (Wildman–Crippen MR) is 69.4 cm³/mol. The van der Waals surface area contributed by atoms with Crippen LogP contribution < -0.4 is 0 Å². The molecule has 4 nitrogen and oxygen atoms in total. The number of hydrogen-bond acceptors (Lipinski definition) is 4. The largest absolute Gasteiger partial charge is 0.479 e. The van der Waals surface area contributed by atoms with Crippen LogP contribution in [0.15, 0.2) is 10.5 Å². The summed E-state index contributed by atoms with van der Waals surface area (Å²) in [6.45, 7) is 4.60. The SMILES string of the molecule is Cc1sc(CN2CCOC(C(=O)O)C2)cc1Br. The van der Waals surface area contributed by atoms with E-state index < -0.39 is 12.1 Å². The maximum Gasteiger partial charge on any atom is 0.334 e. The smallest absolute Gasteiger partial charge is 0.334 e. The van der Waals surface area contributed by atoms with Gasteiger partial charge in [0.05, 0.1) is 6.61 Å². The van der Waals surface area contributed by atoms with Gasteiger partial charge in [0.1, 0.15) is 0 Å². The number of thiophene rings is 1. The lowest BCUT2D eigenvalue weighted by Crippen LogP contribution is -2.45. The zero-order chi connectivity index (χ0) is 12.4. The summed E-state index contributed by atoms with van der Waals surface area (Å²) in [6, 6.07) is 2.10. The fraction of sp³-hybridized carbons (Fsp3) is 0.545. The second-order valence-electron chi connectivity index (χ2n) is 4.05. The zero-order valence-electron chi connectivity index (χ0n) is 9.48. The minimum atomic E-state index is -0.877.